The molecule has 1 aliphatic rings. The lowest BCUT2D eigenvalue weighted by atomic mass is 10.1. The maximum Gasteiger partial charge on any atom is 0.221 e. The number of rotatable bonds is 3. The van der Waals surface area contributed by atoms with Crippen LogP contribution in [0.25, 0.3) is 0 Å². The predicted octanol–water partition coefficient (Wildman–Crippen LogP) is 1.50. The van der Waals surface area contributed by atoms with Crippen LogP contribution in [0.15, 0.2) is 18.2 Å². The minimum atomic E-state index is -0.589. The Bertz CT molecular complexity index is 416. The van der Waals surface area contributed by atoms with Crippen molar-refractivity contribution in [2.45, 2.75) is 25.4 Å². The smallest absolute Gasteiger partial charge is 0.221 e. The highest BCUT2D eigenvalue weighted by atomic mass is 19.1. The second kappa shape index (κ2) is 4.79. The van der Waals surface area contributed by atoms with Crippen molar-refractivity contribution in [1.29, 1.82) is 0 Å². The summed E-state index contributed by atoms with van der Waals surface area (Å²) in [5, 5.41) is 5.86. The molecule has 2 atom stereocenters. The fourth-order valence-electron chi connectivity index (χ4n) is 2.00. The van der Waals surface area contributed by atoms with Gasteiger partial charge >= 0.3 is 0 Å². The van der Waals surface area contributed by atoms with Crippen molar-refractivity contribution in [2.75, 3.05) is 6.54 Å². The molecule has 1 aromatic carbocycles. The van der Waals surface area contributed by atoms with Crippen LogP contribution in [0.5, 0.6) is 0 Å². The van der Waals surface area contributed by atoms with Gasteiger partial charge in [0, 0.05) is 31.1 Å². The predicted molar refractivity (Wildman–Crippen MR) is 59.3 cm³/mol. The van der Waals surface area contributed by atoms with Crippen molar-refractivity contribution in [3.63, 3.8) is 0 Å². The topological polar surface area (TPSA) is 41.1 Å². The zero-order valence-electron chi connectivity index (χ0n) is 9.47. The van der Waals surface area contributed by atoms with Gasteiger partial charge in [0.15, 0.2) is 0 Å². The van der Waals surface area contributed by atoms with Crippen molar-refractivity contribution < 1.29 is 13.6 Å². The molecule has 5 heteroatoms. The second-order valence-corrected chi connectivity index (χ2v) is 4.30. The van der Waals surface area contributed by atoms with E-state index in [1.807, 2.05) is 6.92 Å². The van der Waals surface area contributed by atoms with Gasteiger partial charge in [-0.3, -0.25) is 4.79 Å². The summed E-state index contributed by atoms with van der Waals surface area (Å²) >= 11 is 0. The molecule has 2 N–H and O–H groups in total. The summed E-state index contributed by atoms with van der Waals surface area (Å²) in [6.07, 6.45) is 0.405. The van der Waals surface area contributed by atoms with Crippen LogP contribution < -0.4 is 10.6 Å². The SMILES string of the molecule is CC(NC1CNC(=O)C1)c1cc(F)cc(F)c1. The molecule has 1 amide bonds. The van der Waals surface area contributed by atoms with Gasteiger partial charge in [0.2, 0.25) is 5.91 Å². The van der Waals surface area contributed by atoms with E-state index in [0.29, 0.717) is 18.5 Å². The largest absolute Gasteiger partial charge is 0.354 e. The minimum Gasteiger partial charge on any atom is -0.354 e. The number of nitrogens with one attached hydrogen (secondary N) is 2. The Morgan fingerprint density at radius 3 is 2.53 bits per heavy atom. The number of halogens is 2. The third-order valence-electron chi connectivity index (χ3n) is 2.85. The summed E-state index contributed by atoms with van der Waals surface area (Å²) in [6, 6.07) is 3.26. The second-order valence-electron chi connectivity index (χ2n) is 4.30. The number of carbonyl (C=O) groups is 1. The quantitative estimate of drug-likeness (QED) is 0.840. The number of hydrogen-bond donors (Lipinski definition) is 2. The van der Waals surface area contributed by atoms with Crippen LogP contribution in [-0.2, 0) is 4.79 Å². The van der Waals surface area contributed by atoms with E-state index in [-0.39, 0.29) is 18.0 Å². The molecule has 92 valence electrons. The molecule has 1 fully saturated rings. The molecule has 1 aromatic rings. The molecule has 1 heterocycles. The van der Waals surface area contributed by atoms with E-state index in [2.05, 4.69) is 10.6 Å². The van der Waals surface area contributed by atoms with Crippen molar-refractivity contribution in [1.82, 2.24) is 10.6 Å². The third-order valence-corrected chi connectivity index (χ3v) is 2.85. The van der Waals surface area contributed by atoms with Gasteiger partial charge in [-0.1, -0.05) is 0 Å². The van der Waals surface area contributed by atoms with Gasteiger partial charge in [-0.05, 0) is 24.6 Å². The van der Waals surface area contributed by atoms with Gasteiger partial charge in [0.1, 0.15) is 11.6 Å². The molecule has 2 unspecified atom stereocenters. The highest BCUT2D eigenvalue weighted by molar-refractivity contribution is 5.78. The Labute approximate surface area is 98.2 Å². The van der Waals surface area contributed by atoms with Crippen molar-refractivity contribution in [2.24, 2.45) is 0 Å². The van der Waals surface area contributed by atoms with Crippen LogP contribution in [0.2, 0.25) is 0 Å². The van der Waals surface area contributed by atoms with E-state index in [1.54, 1.807) is 0 Å². The number of carbonyl (C=O) groups excluding carboxylic acids is 1. The van der Waals surface area contributed by atoms with Gasteiger partial charge < -0.3 is 10.6 Å². The molecular formula is C12H14F2N2O. The average Bonchev–Trinajstić information content (AvgIpc) is 2.62. The summed E-state index contributed by atoms with van der Waals surface area (Å²) in [6.45, 7) is 2.37. The highest BCUT2D eigenvalue weighted by Crippen LogP contribution is 2.17. The summed E-state index contributed by atoms with van der Waals surface area (Å²) in [7, 11) is 0. The van der Waals surface area contributed by atoms with Gasteiger partial charge in [-0.2, -0.15) is 0 Å². The molecule has 3 nitrogen and oxygen atoms in total. The summed E-state index contributed by atoms with van der Waals surface area (Å²) < 4.78 is 26.1. The standard InChI is InChI=1S/C12H14F2N2O/c1-7(16-11-5-12(17)15-6-11)8-2-9(13)4-10(14)3-8/h2-4,7,11,16H,5-6H2,1H3,(H,15,17). The van der Waals surface area contributed by atoms with Crippen LogP contribution in [0.3, 0.4) is 0 Å². The van der Waals surface area contributed by atoms with E-state index in [9.17, 15) is 13.6 Å². The molecular weight excluding hydrogens is 226 g/mol. The lowest BCUT2D eigenvalue weighted by Gasteiger charge is -2.18. The molecule has 17 heavy (non-hydrogen) atoms. The van der Waals surface area contributed by atoms with Crippen molar-refractivity contribution >= 4 is 5.91 Å². The van der Waals surface area contributed by atoms with Crippen molar-refractivity contribution in [3.05, 3.63) is 35.4 Å². The summed E-state index contributed by atoms with van der Waals surface area (Å²) in [5.41, 5.74) is 0.543. The van der Waals surface area contributed by atoms with E-state index in [4.69, 9.17) is 0 Å². The molecule has 1 saturated heterocycles. The molecule has 1 aliphatic heterocycles. The Balaban J connectivity index is 2.03. The van der Waals surface area contributed by atoms with Gasteiger partial charge in [0.25, 0.3) is 0 Å². The van der Waals surface area contributed by atoms with E-state index >= 15 is 0 Å². The molecule has 0 radical (unpaired) electrons. The van der Waals surface area contributed by atoms with Crippen LogP contribution in [-0.4, -0.2) is 18.5 Å². The fraction of sp³-hybridized carbons (Fsp3) is 0.417. The van der Waals surface area contributed by atoms with Gasteiger partial charge in [-0.25, -0.2) is 8.78 Å². The first-order chi connectivity index (χ1) is 8.04. The molecule has 0 spiro atoms. The first-order valence-corrected chi connectivity index (χ1v) is 5.53. The third kappa shape index (κ3) is 3.00. The highest BCUT2D eigenvalue weighted by Gasteiger charge is 2.23. The number of hydrogen-bond acceptors (Lipinski definition) is 2. The lowest BCUT2D eigenvalue weighted by molar-refractivity contribution is -0.119. The van der Waals surface area contributed by atoms with Gasteiger partial charge in [0.05, 0.1) is 0 Å². The van der Waals surface area contributed by atoms with Crippen LogP contribution in [0.4, 0.5) is 8.78 Å². The Kier molecular flexibility index (Phi) is 3.38. The van der Waals surface area contributed by atoms with E-state index in [1.165, 1.54) is 12.1 Å². The monoisotopic (exact) mass is 240 g/mol. The lowest BCUT2D eigenvalue weighted by Crippen LogP contribution is -2.33. The Morgan fingerprint density at radius 1 is 1.35 bits per heavy atom. The Hall–Kier alpha value is -1.49. The molecule has 0 aromatic heterocycles. The molecule has 0 bridgehead atoms. The molecule has 2 rings (SSSR count). The molecule has 0 saturated carbocycles. The first-order valence-electron chi connectivity index (χ1n) is 5.53. The van der Waals surface area contributed by atoms with Crippen LogP contribution >= 0.6 is 0 Å². The van der Waals surface area contributed by atoms with Crippen LogP contribution in [0.1, 0.15) is 24.9 Å². The maximum absolute atomic E-state index is 13.0. The summed E-state index contributed by atoms with van der Waals surface area (Å²) in [4.78, 5) is 11.0. The van der Waals surface area contributed by atoms with Crippen molar-refractivity contribution in [3.8, 4) is 0 Å². The summed E-state index contributed by atoms with van der Waals surface area (Å²) in [5.74, 6) is -1.18. The van der Waals surface area contributed by atoms with E-state index in [0.717, 1.165) is 6.07 Å². The average molecular weight is 240 g/mol. The van der Waals surface area contributed by atoms with Gasteiger partial charge in [-0.15, -0.1) is 0 Å². The zero-order valence-corrected chi connectivity index (χ0v) is 9.47. The molecule has 0 aliphatic carbocycles. The first kappa shape index (κ1) is 12.0. The van der Waals surface area contributed by atoms with E-state index < -0.39 is 11.6 Å². The fourth-order valence-corrected chi connectivity index (χ4v) is 2.00. The number of amides is 1. The normalized spacial score (nSPS) is 21.4. The minimum absolute atomic E-state index is 0.000114. The number of benzene rings is 1. The zero-order chi connectivity index (χ0) is 12.4. The maximum atomic E-state index is 13.0. The Morgan fingerprint density at radius 2 is 2.00 bits per heavy atom. The van der Waals surface area contributed by atoms with Crippen LogP contribution in [0, 0.1) is 11.6 Å².